The van der Waals surface area contributed by atoms with Crippen LogP contribution in [0.1, 0.15) is 30.7 Å². The van der Waals surface area contributed by atoms with E-state index in [2.05, 4.69) is 10.1 Å². The van der Waals surface area contributed by atoms with Crippen LogP contribution >= 0.6 is 0 Å². The van der Waals surface area contributed by atoms with Crippen LogP contribution in [-0.2, 0) is 6.42 Å². The Balaban J connectivity index is 2.03. The molecule has 0 bridgehead atoms. The lowest BCUT2D eigenvalue weighted by atomic mass is 10.1. The maximum atomic E-state index is 5.46. The fourth-order valence-electron chi connectivity index (χ4n) is 2.09. The minimum Gasteiger partial charge on any atom is -0.496 e. The normalized spacial score (nSPS) is 10.8. The molecule has 2 rings (SSSR count). The first kappa shape index (κ1) is 14.5. The number of hydrogen-bond donors (Lipinski definition) is 1. The molecule has 0 spiro atoms. The van der Waals surface area contributed by atoms with E-state index in [1.54, 1.807) is 7.11 Å². The largest absolute Gasteiger partial charge is 0.496 e. The molecule has 0 saturated heterocycles. The molecule has 0 aliphatic rings. The molecule has 0 aliphatic heterocycles. The Bertz CT molecular complexity index is 552. The summed E-state index contributed by atoms with van der Waals surface area (Å²) in [7, 11) is 1.66. The van der Waals surface area contributed by atoms with Crippen LogP contribution in [-0.4, -0.2) is 23.8 Å². The Kier molecular flexibility index (Phi) is 5.12. The van der Waals surface area contributed by atoms with Gasteiger partial charge in [-0.15, -0.1) is 0 Å². The zero-order valence-electron chi connectivity index (χ0n) is 12.1. The van der Waals surface area contributed by atoms with Gasteiger partial charge in [-0.05, 0) is 50.1 Å². The van der Waals surface area contributed by atoms with Crippen LogP contribution < -0.4 is 10.5 Å². The molecular weight excluding hydrogens is 254 g/mol. The molecule has 0 radical (unpaired) electrons. The number of nitrogens with two attached hydrogens (primary N) is 1. The number of benzene rings is 1. The predicted octanol–water partition coefficient (Wildman–Crippen LogP) is 2.73. The Hall–Kier alpha value is -1.88. The molecule has 1 aromatic carbocycles. The van der Waals surface area contributed by atoms with Crippen molar-refractivity contribution in [1.29, 1.82) is 0 Å². The lowest BCUT2D eigenvalue weighted by Gasteiger charge is -2.04. The maximum Gasteiger partial charge on any atom is 0.226 e. The molecule has 0 atom stereocenters. The van der Waals surface area contributed by atoms with Gasteiger partial charge in [-0.2, -0.15) is 4.98 Å². The second kappa shape index (κ2) is 7.05. The summed E-state index contributed by atoms with van der Waals surface area (Å²) >= 11 is 0. The van der Waals surface area contributed by atoms with Crippen molar-refractivity contribution in [3.05, 3.63) is 29.7 Å². The van der Waals surface area contributed by atoms with E-state index < -0.39 is 0 Å². The SMILES string of the molecule is COc1ccc(-c2noc(CCCCCN)n2)cc1C. The molecule has 108 valence electrons. The summed E-state index contributed by atoms with van der Waals surface area (Å²) in [5.74, 6) is 2.18. The van der Waals surface area contributed by atoms with Crippen molar-refractivity contribution in [2.24, 2.45) is 5.73 Å². The molecule has 2 aromatic rings. The fraction of sp³-hybridized carbons (Fsp3) is 0.467. The number of ether oxygens (including phenoxy) is 1. The number of methoxy groups -OCH3 is 1. The Morgan fingerprint density at radius 2 is 2.10 bits per heavy atom. The van der Waals surface area contributed by atoms with E-state index in [1.165, 1.54) is 0 Å². The van der Waals surface area contributed by atoms with Gasteiger partial charge in [0.15, 0.2) is 0 Å². The van der Waals surface area contributed by atoms with Gasteiger partial charge in [-0.1, -0.05) is 11.6 Å². The van der Waals surface area contributed by atoms with Crippen LogP contribution in [0.2, 0.25) is 0 Å². The van der Waals surface area contributed by atoms with Gasteiger partial charge in [0.05, 0.1) is 7.11 Å². The second-order valence-corrected chi connectivity index (χ2v) is 4.80. The molecule has 20 heavy (non-hydrogen) atoms. The summed E-state index contributed by atoms with van der Waals surface area (Å²) in [6.45, 7) is 2.73. The van der Waals surface area contributed by atoms with E-state index in [-0.39, 0.29) is 0 Å². The maximum absolute atomic E-state index is 5.46. The van der Waals surface area contributed by atoms with Gasteiger partial charge < -0.3 is 15.0 Å². The highest BCUT2D eigenvalue weighted by Gasteiger charge is 2.10. The van der Waals surface area contributed by atoms with Crippen molar-refractivity contribution in [3.63, 3.8) is 0 Å². The zero-order chi connectivity index (χ0) is 14.4. The van der Waals surface area contributed by atoms with E-state index in [0.717, 1.165) is 49.1 Å². The number of rotatable bonds is 7. The first-order valence-electron chi connectivity index (χ1n) is 6.92. The lowest BCUT2D eigenvalue weighted by molar-refractivity contribution is 0.374. The van der Waals surface area contributed by atoms with Crippen LogP contribution in [0.3, 0.4) is 0 Å². The third-order valence-corrected chi connectivity index (χ3v) is 3.22. The van der Waals surface area contributed by atoms with Crippen LogP contribution in [0.25, 0.3) is 11.4 Å². The van der Waals surface area contributed by atoms with Crippen LogP contribution in [0.5, 0.6) is 5.75 Å². The predicted molar refractivity (Wildman–Crippen MR) is 77.6 cm³/mol. The summed E-state index contributed by atoms with van der Waals surface area (Å²) < 4.78 is 10.5. The van der Waals surface area contributed by atoms with Gasteiger partial charge in [0.2, 0.25) is 11.7 Å². The third kappa shape index (κ3) is 3.57. The van der Waals surface area contributed by atoms with Gasteiger partial charge in [0.1, 0.15) is 5.75 Å². The van der Waals surface area contributed by atoms with Gasteiger partial charge in [0, 0.05) is 12.0 Å². The topological polar surface area (TPSA) is 74.2 Å². The summed E-state index contributed by atoms with van der Waals surface area (Å²) in [4.78, 5) is 4.42. The van der Waals surface area contributed by atoms with Crippen molar-refractivity contribution in [2.75, 3.05) is 13.7 Å². The fourth-order valence-corrected chi connectivity index (χ4v) is 2.09. The smallest absolute Gasteiger partial charge is 0.226 e. The summed E-state index contributed by atoms with van der Waals surface area (Å²) in [5.41, 5.74) is 7.46. The lowest BCUT2D eigenvalue weighted by Crippen LogP contribution is -1.98. The number of aromatic nitrogens is 2. The zero-order valence-corrected chi connectivity index (χ0v) is 12.1. The highest BCUT2D eigenvalue weighted by molar-refractivity contribution is 5.58. The van der Waals surface area contributed by atoms with Gasteiger partial charge >= 0.3 is 0 Å². The molecular formula is C15H21N3O2. The quantitative estimate of drug-likeness (QED) is 0.786. The van der Waals surface area contributed by atoms with Crippen molar-refractivity contribution < 1.29 is 9.26 Å². The summed E-state index contributed by atoms with van der Waals surface area (Å²) in [6, 6.07) is 5.86. The van der Waals surface area contributed by atoms with Gasteiger partial charge in [-0.3, -0.25) is 0 Å². The summed E-state index contributed by atoms with van der Waals surface area (Å²) in [6.07, 6.45) is 3.97. The average Bonchev–Trinajstić information content (AvgIpc) is 2.92. The standard InChI is InChI=1S/C15H21N3O2/c1-11-10-12(7-8-13(11)19-2)15-17-14(20-18-15)6-4-3-5-9-16/h7-8,10H,3-6,9,16H2,1-2H3. The molecule has 0 aliphatic carbocycles. The summed E-state index contributed by atoms with van der Waals surface area (Å²) in [5, 5.41) is 4.03. The number of nitrogens with zero attached hydrogens (tertiary/aromatic N) is 2. The van der Waals surface area contributed by atoms with Crippen LogP contribution in [0, 0.1) is 6.92 Å². The minimum atomic E-state index is 0.629. The van der Waals surface area contributed by atoms with E-state index >= 15 is 0 Å². The molecule has 5 heteroatoms. The van der Waals surface area contributed by atoms with Crippen molar-refractivity contribution >= 4 is 0 Å². The number of unbranched alkanes of at least 4 members (excludes halogenated alkanes) is 2. The molecule has 0 saturated carbocycles. The Morgan fingerprint density at radius 3 is 2.80 bits per heavy atom. The van der Waals surface area contributed by atoms with Crippen LogP contribution in [0.15, 0.2) is 22.7 Å². The second-order valence-electron chi connectivity index (χ2n) is 4.80. The van der Waals surface area contributed by atoms with E-state index in [0.29, 0.717) is 11.7 Å². The number of hydrogen-bond acceptors (Lipinski definition) is 5. The highest BCUT2D eigenvalue weighted by atomic mass is 16.5. The highest BCUT2D eigenvalue weighted by Crippen LogP contribution is 2.24. The molecule has 5 nitrogen and oxygen atoms in total. The Labute approximate surface area is 119 Å². The van der Waals surface area contributed by atoms with Gasteiger partial charge in [0.25, 0.3) is 0 Å². The monoisotopic (exact) mass is 275 g/mol. The molecule has 2 N–H and O–H groups in total. The molecule has 1 heterocycles. The molecule has 1 aromatic heterocycles. The van der Waals surface area contributed by atoms with Gasteiger partial charge in [-0.25, -0.2) is 0 Å². The van der Waals surface area contributed by atoms with E-state index in [1.807, 2.05) is 25.1 Å². The van der Waals surface area contributed by atoms with Crippen LogP contribution in [0.4, 0.5) is 0 Å². The van der Waals surface area contributed by atoms with Crippen molar-refractivity contribution in [1.82, 2.24) is 10.1 Å². The Morgan fingerprint density at radius 1 is 1.25 bits per heavy atom. The third-order valence-electron chi connectivity index (χ3n) is 3.22. The number of aryl methyl sites for hydroxylation is 2. The van der Waals surface area contributed by atoms with E-state index in [9.17, 15) is 0 Å². The first-order valence-corrected chi connectivity index (χ1v) is 6.92. The van der Waals surface area contributed by atoms with Crippen molar-refractivity contribution in [2.45, 2.75) is 32.6 Å². The molecule has 0 amide bonds. The first-order chi connectivity index (χ1) is 9.74. The molecule has 0 unspecified atom stereocenters. The van der Waals surface area contributed by atoms with E-state index in [4.69, 9.17) is 15.0 Å². The average molecular weight is 275 g/mol. The molecule has 0 fully saturated rings. The minimum absolute atomic E-state index is 0.629. The van der Waals surface area contributed by atoms with Crippen molar-refractivity contribution in [3.8, 4) is 17.1 Å².